The first-order valence-corrected chi connectivity index (χ1v) is 5.61. The maximum Gasteiger partial charge on any atom is 0.309 e. The van der Waals surface area contributed by atoms with Gasteiger partial charge in [-0.25, -0.2) is 0 Å². The SMILES string of the molecule is CC(C)C1CC(C(=O)O)C(C(C)(C)C)O1. The number of hydrogen-bond donors (Lipinski definition) is 1. The van der Waals surface area contributed by atoms with Crippen LogP contribution in [0.2, 0.25) is 0 Å². The van der Waals surface area contributed by atoms with E-state index in [1.807, 2.05) is 20.8 Å². The third-order valence-corrected chi connectivity index (χ3v) is 3.09. The summed E-state index contributed by atoms with van der Waals surface area (Å²) in [5.41, 5.74) is -0.104. The number of carboxylic acids is 1. The Balaban J connectivity index is 2.82. The molecule has 0 bridgehead atoms. The lowest BCUT2D eigenvalue weighted by Crippen LogP contribution is -2.35. The van der Waals surface area contributed by atoms with Gasteiger partial charge in [0, 0.05) is 0 Å². The van der Waals surface area contributed by atoms with Crippen LogP contribution in [0.5, 0.6) is 0 Å². The number of aliphatic carboxylic acids is 1. The molecule has 15 heavy (non-hydrogen) atoms. The van der Waals surface area contributed by atoms with E-state index in [1.54, 1.807) is 0 Å². The fourth-order valence-electron chi connectivity index (χ4n) is 2.18. The molecule has 0 aromatic carbocycles. The zero-order chi connectivity index (χ0) is 11.8. The largest absolute Gasteiger partial charge is 0.481 e. The molecular weight excluding hydrogens is 192 g/mol. The van der Waals surface area contributed by atoms with Gasteiger partial charge < -0.3 is 9.84 Å². The third kappa shape index (κ3) is 2.71. The molecular formula is C12H22O3. The van der Waals surface area contributed by atoms with Crippen LogP contribution in [0.1, 0.15) is 41.0 Å². The van der Waals surface area contributed by atoms with Crippen molar-refractivity contribution in [1.82, 2.24) is 0 Å². The molecule has 0 saturated carbocycles. The van der Waals surface area contributed by atoms with Crippen molar-refractivity contribution in [2.24, 2.45) is 17.3 Å². The number of carboxylic acid groups (broad SMARTS) is 1. The quantitative estimate of drug-likeness (QED) is 0.768. The highest BCUT2D eigenvalue weighted by molar-refractivity contribution is 5.71. The van der Waals surface area contributed by atoms with Crippen LogP contribution in [0.4, 0.5) is 0 Å². The average molecular weight is 214 g/mol. The number of hydrogen-bond acceptors (Lipinski definition) is 2. The molecule has 1 heterocycles. The van der Waals surface area contributed by atoms with E-state index in [2.05, 4.69) is 13.8 Å². The summed E-state index contributed by atoms with van der Waals surface area (Å²) >= 11 is 0. The average Bonchev–Trinajstić information content (AvgIpc) is 2.45. The Morgan fingerprint density at radius 3 is 2.20 bits per heavy atom. The first-order valence-electron chi connectivity index (χ1n) is 5.61. The molecule has 0 spiro atoms. The van der Waals surface area contributed by atoms with Gasteiger partial charge in [0.1, 0.15) is 0 Å². The van der Waals surface area contributed by atoms with Crippen LogP contribution in [0.25, 0.3) is 0 Å². The summed E-state index contributed by atoms with van der Waals surface area (Å²) < 4.78 is 5.88. The second kappa shape index (κ2) is 4.12. The highest BCUT2D eigenvalue weighted by Crippen LogP contribution is 2.39. The molecule has 88 valence electrons. The van der Waals surface area contributed by atoms with Gasteiger partial charge in [-0.05, 0) is 17.8 Å². The van der Waals surface area contributed by atoms with Gasteiger partial charge >= 0.3 is 5.97 Å². The molecule has 3 unspecified atom stereocenters. The Bertz CT molecular complexity index is 240. The molecule has 0 aromatic heterocycles. The van der Waals surface area contributed by atoms with E-state index in [1.165, 1.54) is 0 Å². The summed E-state index contributed by atoms with van der Waals surface area (Å²) in [4.78, 5) is 11.1. The van der Waals surface area contributed by atoms with Gasteiger partial charge in [0.2, 0.25) is 0 Å². The van der Waals surface area contributed by atoms with Crippen LogP contribution in [0.15, 0.2) is 0 Å². The van der Waals surface area contributed by atoms with Crippen molar-refractivity contribution in [3.05, 3.63) is 0 Å². The minimum absolute atomic E-state index is 0.0929. The van der Waals surface area contributed by atoms with Crippen molar-refractivity contribution < 1.29 is 14.6 Å². The van der Waals surface area contributed by atoms with Crippen molar-refractivity contribution in [2.75, 3.05) is 0 Å². The summed E-state index contributed by atoms with van der Waals surface area (Å²) in [5.74, 6) is -0.685. The topological polar surface area (TPSA) is 46.5 Å². The maximum absolute atomic E-state index is 11.1. The monoisotopic (exact) mass is 214 g/mol. The smallest absolute Gasteiger partial charge is 0.309 e. The Morgan fingerprint density at radius 1 is 1.40 bits per heavy atom. The summed E-state index contributed by atoms with van der Waals surface area (Å²) in [7, 11) is 0. The standard InChI is InChI=1S/C12H22O3/c1-7(2)9-6-8(11(13)14)10(15-9)12(3,4)5/h7-10H,6H2,1-5H3,(H,13,14). The predicted molar refractivity (Wildman–Crippen MR) is 58.7 cm³/mol. The normalized spacial score (nSPS) is 32.3. The molecule has 3 nitrogen and oxygen atoms in total. The fourth-order valence-corrected chi connectivity index (χ4v) is 2.18. The molecule has 1 aliphatic heterocycles. The van der Waals surface area contributed by atoms with E-state index in [-0.39, 0.29) is 23.5 Å². The first-order chi connectivity index (χ1) is 6.73. The van der Waals surface area contributed by atoms with Crippen LogP contribution in [-0.4, -0.2) is 23.3 Å². The highest BCUT2D eigenvalue weighted by atomic mass is 16.5. The molecule has 0 aliphatic carbocycles. The number of ether oxygens (including phenoxy) is 1. The molecule has 1 rings (SSSR count). The minimum atomic E-state index is -0.724. The Morgan fingerprint density at radius 2 is 1.93 bits per heavy atom. The van der Waals surface area contributed by atoms with Gasteiger partial charge in [0.25, 0.3) is 0 Å². The lowest BCUT2D eigenvalue weighted by molar-refractivity contribution is -0.146. The van der Waals surface area contributed by atoms with Crippen LogP contribution in [-0.2, 0) is 9.53 Å². The van der Waals surface area contributed by atoms with Crippen molar-refractivity contribution in [3.8, 4) is 0 Å². The summed E-state index contributed by atoms with van der Waals surface area (Å²) in [6.45, 7) is 10.3. The Kier molecular flexibility index (Phi) is 3.44. The van der Waals surface area contributed by atoms with E-state index in [4.69, 9.17) is 9.84 Å². The van der Waals surface area contributed by atoms with Crippen molar-refractivity contribution in [3.63, 3.8) is 0 Å². The summed E-state index contributed by atoms with van der Waals surface area (Å²) in [6, 6.07) is 0. The molecule has 3 heteroatoms. The lowest BCUT2D eigenvalue weighted by atomic mass is 9.81. The van der Waals surface area contributed by atoms with Crippen molar-refractivity contribution in [2.45, 2.75) is 53.2 Å². The molecule has 3 atom stereocenters. The van der Waals surface area contributed by atoms with Crippen molar-refractivity contribution in [1.29, 1.82) is 0 Å². The van der Waals surface area contributed by atoms with E-state index < -0.39 is 5.97 Å². The maximum atomic E-state index is 11.1. The molecule has 0 aromatic rings. The Hall–Kier alpha value is -0.570. The summed E-state index contributed by atoms with van der Waals surface area (Å²) in [6.07, 6.45) is 0.576. The van der Waals surface area contributed by atoms with E-state index in [0.717, 1.165) is 0 Å². The van der Waals surface area contributed by atoms with Gasteiger partial charge in [-0.3, -0.25) is 4.79 Å². The zero-order valence-corrected chi connectivity index (χ0v) is 10.3. The van der Waals surface area contributed by atoms with Crippen LogP contribution < -0.4 is 0 Å². The van der Waals surface area contributed by atoms with Gasteiger partial charge in [-0.1, -0.05) is 34.6 Å². The van der Waals surface area contributed by atoms with Crippen molar-refractivity contribution >= 4 is 5.97 Å². The van der Waals surface area contributed by atoms with E-state index >= 15 is 0 Å². The zero-order valence-electron chi connectivity index (χ0n) is 10.3. The summed E-state index contributed by atoms with van der Waals surface area (Å²) in [5, 5.41) is 9.17. The molecule has 0 amide bonds. The first kappa shape index (κ1) is 12.5. The second-order valence-electron chi connectivity index (χ2n) is 5.89. The van der Waals surface area contributed by atoms with Gasteiger partial charge in [-0.2, -0.15) is 0 Å². The highest BCUT2D eigenvalue weighted by Gasteiger charge is 2.46. The van der Waals surface area contributed by atoms with E-state index in [9.17, 15) is 4.79 Å². The third-order valence-electron chi connectivity index (χ3n) is 3.09. The number of rotatable bonds is 2. The van der Waals surface area contributed by atoms with Crippen LogP contribution in [0.3, 0.4) is 0 Å². The van der Waals surface area contributed by atoms with E-state index in [0.29, 0.717) is 12.3 Å². The molecule has 1 saturated heterocycles. The second-order valence-corrected chi connectivity index (χ2v) is 5.89. The molecule has 1 fully saturated rings. The fraction of sp³-hybridized carbons (Fsp3) is 0.917. The molecule has 1 N–H and O–H groups in total. The minimum Gasteiger partial charge on any atom is -0.481 e. The predicted octanol–water partition coefficient (Wildman–Crippen LogP) is 2.55. The molecule has 1 aliphatic rings. The van der Waals surface area contributed by atoms with Crippen LogP contribution >= 0.6 is 0 Å². The molecule has 0 radical (unpaired) electrons. The van der Waals surface area contributed by atoms with Crippen LogP contribution in [0, 0.1) is 17.3 Å². The Labute approximate surface area is 91.8 Å². The van der Waals surface area contributed by atoms with Gasteiger partial charge in [-0.15, -0.1) is 0 Å². The van der Waals surface area contributed by atoms with Gasteiger partial charge in [0.15, 0.2) is 0 Å². The number of carbonyl (C=O) groups is 1. The van der Waals surface area contributed by atoms with Gasteiger partial charge in [0.05, 0.1) is 18.1 Å². The lowest BCUT2D eigenvalue weighted by Gasteiger charge is -2.30.